The van der Waals surface area contributed by atoms with Gasteiger partial charge < -0.3 is 35.8 Å². The maximum Gasteiger partial charge on any atom is 0.408 e. The molecule has 0 spiro atoms. The molecule has 2 atom stereocenters. The fraction of sp³-hybridized carbons (Fsp3) is 0.188. The van der Waals surface area contributed by atoms with Crippen LogP contribution < -0.4 is 16.0 Å². The van der Waals surface area contributed by atoms with Gasteiger partial charge in [0.15, 0.2) is 5.82 Å². The highest BCUT2D eigenvalue weighted by molar-refractivity contribution is 6.01. The monoisotopic (exact) mass is 609 g/mol. The first kappa shape index (κ1) is 30.5. The van der Waals surface area contributed by atoms with Crippen molar-refractivity contribution in [1.29, 1.82) is 0 Å². The normalized spacial score (nSPS) is 12.2. The number of carbonyl (C=O) groups excluding carboxylic acids is 4. The maximum absolute atomic E-state index is 13.5. The summed E-state index contributed by atoms with van der Waals surface area (Å²) in [5.41, 5.74) is 3.30. The quantitative estimate of drug-likeness (QED) is 0.110. The lowest BCUT2D eigenvalue weighted by Gasteiger charge is -2.19. The molecule has 3 amide bonds. The summed E-state index contributed by atoms with van der Waals surface area (Å²) in [6.07, 6.45) is 2.31. The number of aromatic nitrogens is 4. The highest BCUT2D eigenvalue weighted by Crippen LogP contribution is 2.15. The van der Waals surface area contributed by atoms with Gasteiger partial charge in [-0.1, -0.05) is 54.6 Å². The third kappa shape index (κ3) is 8.54. The van der Waals surface area contributed by atoms with Crippen molar-refractivity contribution >= 4 is 34.7 Å². The molecule has 0 fully saturated rings. The van der Waals surface area contributed by atoms with E-state index in [9.17, 15) is 24.3 Å². The van der Waals surface area contributed by atoms with Crippen LogP contribution in [0.5, 0.6) is 5.75 Å². The zero-order valence-corrected chi connectivity index (χ0v) is 24.0. The number of nitrogens with zero attached hydrogens (tertiary/aromatic N) is 2. The number of rotatable bonds is 13. The number of fused-ring (bicyclic) bond motifs is 1. The Bertz CT molecular complexity index is 1720. The largest absolute Gasteiger partial charge is 0.508 e. The number of alkyl carbamates (subject to hydrolysis) is 1. The minimum atomic E-state index is -1.09. The van der Waals surface area contributed by atoms with Crippen molar-refractivity contribution in [2.45, 2.75) is 31.5 Å². The van der Waals surface area contributed by atoms with Crippen LogP contribution in [0.15, 0.2) is 91.4 Å². The Morgan fingerprint density at radius 3 is 2.33 bits per heavy atom. The molecule has 5 rings (SSSR count). The van der Waals surface area contributed by atoms with Crippen molar-refractivity contribution in [2.75, 3.05) is 6.54 Å². The van der Waals surface area contributed by atoms with Gasteiger partial charge in [-0.05, 0) is 35.4 Å². The van der Waals surface area contributed by atoms with Crippen molar-refractivity contribution in [2.24, 2.45) is 0 Å². The number of phenols is 1. The topological polar surface area (TPSA) is 191 Å². The van der Waals surface area contributed by atoms with Crippen LogP contribution in [0.1, 0.15) is 27.4 Å². The molecule has 0 aliphatic rings. The van der Waals surface area contributed by atoms with Crippen molar-refractivity contribution in [3.8, 4) is 5.75 Å². The fourth-order valence-corrected chi connectivity index (χ4v) is 4.58. The number of ether oxygens (including phenoxy) is 1. The lowest BCUT2D eigenvalue weighted by Crippen LogP contribution is -2.52. The average molecular weight is 610 g/mol. The van der Waals surface area contributed by atoms with Gasteiger partial charge in [0, 0.05) is 24.7 Å². The van der Waals surface area contributed by atoms with Crippen molar-refractivity contribution in [1.82, 2.24) is 35.9 Å². The minimum Gasteiger partial charge on any atom is -0.508 e. The van der Waals surface area contributed by atoms with Gasteiger partial charge in [-0.2, -0.15) is 0 Å². The Hall–Kier alpha value is -5.98. The number of hydrogen-bond donors (Lipinski definition) is 6. The van der Waals surface area contributed by atoms with E-state index in [1.165, 1.54) is 24.7 Å². The van der Waals surface area contributed by atoms with Crippen LogP contribution >= 0.6 is 0 Å². The number of amides is 3. The number of Topliss-reactive ketones (excluding diaryl/α,β-unsaturated/α-hetero) is 1. The molecule has 0 aliphatic heterocycles. The molecule has 0 radical (unpaired) electrons. The van der Waals surface area contributed by atoms with Gasteiger partial charge in [-0.25, -0.2) is 14.8 Å². The predicted octanol–water partition coefficient (Wildman–Crippen LogP) is 2.56. The first-order valence-electron chi connectivity index (χ1n) is 14.1. The lowest BCUT2D eigenvalue weighted by atomic mass is 10.0. The number of hydrogen-bond acceptors (Lipinski definition) is 8. The molecule has 6 N–H and O–H groups in total. The summed E-state index contributed by atoms with van der Waals surface area (Å²) >= 11 is 0. The van der Waals surface area contributed by atoms with Gasteiger partial charge in [-0.15, -0.1) is 0 Å². The van der Waals surface area contributed by atoms with Crippen molar-refractivity contribution in [3.63, 3.8) is 0 Å². The fourth-order valence-electron chi connectivity index (χ4n) is 4.58. The molecule has 2 heterocycles. The second-order valence-electron chi connectivity index (χ2n) is 10.2. The van der Waals surface area contributed by atoms with Gasteiger partial charge >= 0.3 is 6.09 Å². The van der Waals surface area contributed by atoms with E-state index in [1.54, 1.807) is 42.5 Å². The molecule has 5 aromatic rings. The number of aromatic amines is 2. The highest BCUT2D eigenvalue weighted by atomic mass is 16.5. The van der Waals surface area contributed by atoms with Crippen LogP contribution in [0.3, 0.4) is 0 Å². The van der Waals surface area contributed by atoms with E-state index < -0.39 is 42.3 Å². The summed E-state index contributed by atoms with van der Waals surface area (Å²) in [7, 11) is 0. The summed E-state index contributed by atoms with van der Waals surface area (Å²) in [4.78, 5) is 66.4. The molecule has 0 aliphatic carbocycles. The van der Waals surface area contributed by atoms with Crippen LogP contribution in [0.25, 0.3) is 11.0 Å². The van der Waals surface area contributed by atoms with E-state index in [4.69, 9.17) is 4.74 Å². The molecule has 13 nitrogen and oxygen atoms in total. The third-order valence-corrected chi connectivity index (χ3v) is 6.87. The lowest BCUT2D eigenvalue weighted by molar-refractivity contribution is -0.127. The molecule has 3 aromatic carbocycles. The van der Waals surface area contributed by atoms with Crippen LogP contribution in [0, 0.1) is 0 Å². The first-order chi connectivity index (χ1) is 21.8. The Morgan fingerprint density at radius 2 is 1.60 bits per heavy atom. The van der Waals surface area contributed by atoms with E-state index in [2.05, 4.69) is 35.9 Å². The molecule has 0 saturated heterocycles. The smallest absolute Gasteiger partial charge is 0.408 e. The van der Waals surface area contributed by atoms with Crippen LogP contribution in [-0.2, 0) is 33.8 Å². The summed E-state index contributed by atoms with van der Waals surface area (Å²) in [6, 6.07) is 20.4. The predicted molar refractivity (Wildman–Crippen MR) is 163 cm³/mol. The molecular weight excluding hydrogens is 578 g/mol. The molecule has 13 heteroatoms. The second-order valence-corrected chi connectivity index (χ2v) is 10.2. The number of imidazole rings is 2. The SMILES string of the molecule is O=C(CNC(=O)[C@H](Cc1cnc[nH]1)NC(=O)OCc1ccccc1)N[C@@H](Cc1ccc(O)cc1)C(=O)c1nc2ccccc2[nH]1. The van der Waals surface area contributed by atoms with E-state index in [0.29, 0.717) is 22.3 Å². The van der Waals surface area contributed by atoms with Crippen LogP contribution in [-0.4, -0.2) is 67.4 Å². The maximum atomic E-state index is 13.5. The Labute approximate surface area is 257 Å². The molecule has 0 saturated carbocycles. The average Bonchev–Trinajstić information content (AvgIpc) is 3.73. The third-order valence-electron chi connectivity index (χ3n) is 6.87. The molecule has 230 valence electrons. The van der Waals surface area contributed by atoms with E-state index in [0.717, 1.165) is 5.56 Å². The zero-order chi connectivity index (χ0) is 31.6. The number of ketones is 1. The molecule has 0 unspecified atom stereocenters. The zero-order valence-electron chi connectivity index (χ0n) is 24.0. The number of benzene rings is 3. The molecule has 45 heavy (non-hydrogen) atoms. The molecule has 0 bridgehead atoms. The van der Waals surface area contributed by atoms with Gasteiger partial charge in [0.2, 0.25) is 17.6 Å². The standard InChI is InChI=1S/C32H31N7O6/c40-23-12-10-20(11-13-23)14-26(29(42)30-37-24-8-4-5-9-25(24)38-30)36-28(41)17-34-31(43)27(15-22-16-33-19-35-22)39-32(44)45-18-21-6-2-1-3-7-21/h1-13,16,19,26-27,40H,14-15,17-18H2,(H,33,35)(H,34,43)(H,36,41)(H,37,38)(H,39,44)/t26-,27-/m0/s1. The number of H-pyrrole nitrogens is 2. The number of para-hydroxylation sites is 2. The van der Waals surface area contributed by atoms with Crippen molar-refractivity contribution in [3.05, 3.63) is 114 Å². The highest BCUT2D eigenvalue weighted by Gasteiger charge is 2.27. The Kier molecular flexibility index (Phi) is 9.80. The summed E-state index contributed by atoms with van der Waals surface area (Å²) < 4.78 is 5.26. The molecular formula is C32H31N7O6. The number of carbonyl (C=O) groups is 4. The minimum absolute atomic E-state index is 0.00908. The van der Waals surface area contributed by atoms with Gasteiger partial charge in [0.1, 0.15) is 18.4 Å². The van der Waals surface area contributed by atoms with E-state index >= 15 is 0 Å². The summed E-state index contributed by atoms with van der Waals surface area (Å²) in [5, 5.41) is 17.4. The van der Waals surface area contributed by atoms with E-state index in [-0.39, 0.29) is 31.0 Å². The number of nitrogens with one attached hydrogen (secondary N) is 5. The summed E-state index contributed by atoms with van der Waals surface area (Å²) in [5.74, 6) is -1.60. The van der Waals surface area contributed by atoms with Crippen LogP contribution in [0.4, 0.5) is 4.79 Å². The number of phenolic OH excluding ortho intramolecular Hbond substituents is 1. The Balaban J connectivity index is 1.23. The van der Waals surface area contributed by atoms with Gasteiger partial charge in [0.25, 0.3) is 0 Å². The first-order valence-corrected chi connectivity index (χ1v) is 14.1. The Morgan fingerprint density at radius 1 is 0.844 bits per heavy atom. The van der Waals surface area contributed by atoms with Gasteiger partial charge in [-0.3, -0.25) is 14.4 Å². The van der Waals surface area contributed by atoms with E-state index in [1.807, 2.05) is 24.3 Å². The van der Waals surface area contributed by atoms with Gasteiger partial charge in [0.05, 0.1) is 29.9 Å². The molecule has 2 aromatic heterocycles. The van der Waals surface area contributed by atoms with Crippen LogP contribution in [0.2, 0.25) is 0 Å². The van der Waals surface area contributed by atoms with Crippen molar-refractivity contribution < 1.29 is 29.0 Å². The number of aromatic hydroxyl groups is 1. The summed E-state index contributed by atoms with van der Waals surface area (Å²) in [6.45, 7) is -0.465. The second kappa shape index (κ2) is 14.5.